The monoisotopic (exact) mass is 236 g/mol. The van der Waals surface area contributed by atoms with Crippen molar-refractivity contribution in [2.24, 2.45) is 5.92 Å². The van der Waals surface area contributed by atoms with Crippen molar-refractivity contribution in [3.63, 3.8) is 0 Å². The van der Waals surface area contributed by atoms with Crippen LogP contribution in [0.3, 0.4) is 0 Å². The van der Waals surface area contributed by atoms with Crippen molar-refractivity contribution < 1.29 is 4.74 Å². The van der Waals surface area contributed by atoms with E-state index in [1.54, 1.807) is 0 Å². The summed E-state index contributed by atoms with van der Waals surface area (Å²) in [5.74, 6) is 0.576. The summed E-state index contributed by atoms with van der Waals surface area (Å²) in [7, 11) is 0. The Labute approximate surface area is 105 Å². The van der Waals surface area contributed by atoms with Crippen molar-refractivity contribution in [2.75, 3.05) is 13.2 Å². The van der Waals surface area contributed by atoms with Gasteiger partial charge in [0.05, 0.1) is 12.3 Å². The number of nitrogens with one attached hydrogen (secondary N) is 1. The average molecular weight is 236 g/mol. The molecule has 96 valence electrons. The summed E-state index contributed by atoms with van der Waals surface area (Å²) in [6.07, 6.45) is 3.09. The van der Waals surface area contributed by atoms with Crippen LogP contribution in [0.25, 0.3) is 0 Å². The lowest BCUT2D eigenvalue weighted by atomic mass is 10.2. The molecular formula is C14H24N2O. The maximum Gasteiger partial charge on any atom is 0.0887 e. The molecule has 1 heterocycles. The van der Waals surface area contributed by atoms with Crippen LogP contribution in [-0.4, -0.2) is 18.1 Å². The van der Waals surface area contributed by atoms with Gasteiger partial charge in [-0.25, -0.2) is 0 Å². The van der Waals surface area contributed by atoms with Crippen LogP contribution in [0.4, 0.5) is 0 Å². The molecule has 0 saturated heterocycles. The molecule has 17 heavy (non-hydrogen) atoms. The Bertz CT molecular complexity index is 296. The van der Waals surface area contributed by atoms with E-state index in [-0.39, 0.29) is 0 Å². The number of nitrogens with zero attached hydrogens (tertiary/aromatic N) is 1. The van der Waals surface area contributed by atoms with Crippen molar-refractivity contribution in [3.05, 3.63) is 29.6 Å². The number of rotatable bonds is 8. The van der Waals surface area contributed by atoms with Gasteiger partial charge in [0.25, 0.3) is 0 Å². The fourth-order valence-corrected chi connectivity index (χ4v) is 1.45. The van der Waals surface area contributed by atoms with Gasteiger partial charge in [0.2, 0.25) is 0 Å². The minimum atomic E-state index is 0.576. The molecule has 0 aliphatic heterocycles. The van der Waals surface area contributed by atoms with Crippen LogP contribution in [-0.2, 0) is 17.9 Å². The van der Waals surface area contributed by atoms with Gasteiger partial charge < -0.3 is 10.1 Å². The van der Waals surface area contributed by atoms with Crippen LogP contribution in [0.1, 0.15) is 38.4 Å². The van der Waals surface area contributed by atoms with Gasteiger partial charge in [-0.2, -0.15) is 0 Å². The van der Waals surface area contributed by atoms with E-state index in [1.165, 1.54) is 5.56 Å². The van der Waals surface area contributed by atoms with Gasteiger partial charge in [-0.05, 0) is 30.5 Å². The second kappa shape index (κ2) is 8.20. The number of ether oxygens (including phenoxy) is 1. The van der Waals surface area contributed by atoms with E-state index in [9.17, 15) is 0 Å². The molecule has 1 N–H and O–H groups in total. The summed E-state index contributed by atoms with van der Waals surface area (Å²) in [5, 5.41) is 3.36. The molecule has 0 spiro atoms. The summed E-state index contributed by atoms with van der Waals surface area (Å²) < 4.78 is 5.54. The standard InChI is InChI=1S/C14H24N2O/c1-4-7-15-8-13-5-6-14(16-9-13)11-17-10-12(2)3/h5-6,9,12,15H,4,7-8,10-11H2,1-3H3. The SMILES string of the molecule is CCCNCc1ccc(COCC(C)C)nc1. The largest absolute Gasteiger partial charge is 0.375 e. The first-order chi connectivity index (χ1) is 8.22. The van der Waals surface area contributed by atoms with E-state index >= 15 is 0 Å². The minimum Gasteiger partial charge on any atom is -0.375 e. The lowest BCUT2D eigenvalue weighted by Crippen LogP contribution is -2.14. The summed E-state index contributed by atoms with van der Waals surface area (Å²) in [6, 6.07) is 4.16. The maximum absolute atomic E-state index is 5.54. The van der Waals surface area contributed by atoms with E-state index in [2.05, 4.69) is 37.1 Å². The van der Waals surface area contributed by atoms with Gasteiger partial charge >= 0.3 is 0 Å². The first-order valence-electron chi connectivity index (χ1n) is 6.44. The van der Waals surface area contributed by atoms with Crippen LogP contribution in [0.15, 0.2) is 18.3 Å². The molecule has 0 aromatic carbocycles. The third-order valence-corrected chi connectivity index (χ3v) is 2.34. The molecule has 3 heteroatoms. The van der Waals surface area contributed by atoms with Crippen LogP contribution >= 0.6 is 0 Å². The highest BCUT2D eigenvalue weighted by Crippen LogP contribution is 2.03. The third kappa shape index (κ3) is 6.39. The molecule has 0 radical (unpaired) electrons. The molecule has 0 saturated carbocycles. The molecule has 0 aliphatic rings. The Balaban J connectivity index is 2.29. The highest BCUT2D eigenvalue weighted by molar-refractivity contribution is 5.13. The molecular weight excluding hydrogens is 212 g/mol. The van der Waals surface area contributed by atoms with Crippen molar-refractivity contribution in [1.29, 1.82) is 0 Å². The topological polar surface area (TPSA) is 34.1 Å². The Morgan fingerprint density at radius 2 is 2.18 bits per heavy atom. The first kappa shape index (κ1) is 14.1. The van der Waals surface area contributed by atoms with Gasteiger partial charge in [0.1, 0.15) is 0 Å². The van der Waals surface area contributed by atoms with Crippen molar-refractivity contribution in [2.45, 2.75) is 40.3 Å². The first-order valence-corrected chi connectivity index (χ1v) is 6.44. The fourth-order valence-electron chi connectivity index (χ4n) is 1.45. The predicted octanol–water partition coefficient (Wildman–Crippen LogP) is 2.75. The van der Waals surface area contributed by atoms with Gasteiger partial charge in [-0.1, -0.05) is 26.8 Å². The predicted molar refractivity (Wildman–Crippen MR) is 70.7 cm³/mol. The smallest absolute Gasteiger partial charge is 0.0887 e. The zero-order chi connectivity index (χ0) is 12.5. The molecule has 1 aromatic rings. The molecule has 0 fully saturated rings. The summed E-state index contributed by atoms with van der Waals surface area (Å²) in [6.45, 7) is 9.82. The lowest BCUT2D eigenvalue weighted by molar-refractivity contribution is 0.0948. The Kier molecular flexibility index (Phi) is 6.82. The zero-order valence-electron chi connectivity index (χ0n) is 11.2. The Hall–Kier alpha value is -0.930. The highest BCUT2D eigenvalue weighted by Gasteiger charge is 1.98. The molecule has 0 unspecified atom stereocenters. The molecule has 3 nitrogen and oxygen atoms in total. The number of hydrogen-bond donors (Lipinski definition) is 1. The van der Waals surface area contributed by atoms with Crippen molar-refractivity contribution in [1.82, 2.24) is 10.3 Å². The van der Waals surface area contributed by atoms with Crippen LogP contribution in [0, 0.1) is 5.92 Å². The molecule has 0 aliphatic carbocycles. The fraction of sp³-hybridized carbons (Fsp3) is 0.643. The van der Waals surface area contributed by atoms with E-state index < -0.39 is 0 Å². The third-order valence-electron chi connectivity index (χ3n) is 2.34. The van der Waals surface area contributed by atoms with Gasteiger partial charge in [0.15, 0.2) is 0 Å². The van der Waals surface area contributed by atoms with E-state index in [0.29, 0.717) is 12.5 Å². The second-order valence-corrected chi connectivity index (χ2v) is 4.74. The van der Waals surface area contributed by atoms with Crippen molar-refractivity contribution >= 4 is 0 Å². The van der Waals surface area contributed by atoms with Gasteiger partial charge in [0, 0.05) is 19.3 Å². The highest BCUT2D eigenvalue weighted by atomic mass is 16.5. The van der Waals surface area contributed by atoms with Gasteiger partial charge in [-0.3, -0.25) is 4.98 Å². The van der Waals surface area contributed by atoms with E-state index in [0.717, 1.165) is 31.8 Å². The van der Waals surface area contributed by atoms with Crippen LogP contribution < -0.4 is 5.32 Å². The van der Waals surface area contributed by atoms with E-state index in [1.807, 2.05) is 12.3 Å². The van der Waals surface area contributed by atoms with E-state index in [4.69, 9.17) is 4.74 Å². The second-order valence-electron chi connectivity index (χ2n) is 4.74. The molecule has 1 aromatic heterocycles. The molecule has 0 amide bonds. The summed E-state index contributed by atoms with van der Waals surface area (Å²) in [5.41, 5.74) is 2.23. The number of aromatic nitrogens is 1. The number of hydrogen-bond acceptors (Lipinski definition) is 3. The normalized spacial score (nSPS) is 11.1. The minimum absolute atomic E-state index is 0.576. The lowest BCUT2D eigenvalue weighted by Gasteiger charge is -2.07. The Morgan fingerprint density at radius 3 is 2.76 bits per heavy atom. The zero-order valence-corrected chi connectivity index (χ0v) is 11.2. The maximum atomic E-state index is 5.54. The van der Waals surface area contributed by atoms with Crippen LogP contribution in [0.2, 0.25) is 0 Å². The summed E-state index contributed by atoms with van der Waals surface area (Å²) >= 11 is 0. The quantitative estimate of drug-likeness (QED) is 0.705. The summed E-state index contributed by atoms with van der Waals surface area (Å²) in [4.78, 5) is 4.39. The number of pyridine rings is 1. The molecule has 0 bridgehead atoms. The van der Waals surface area contributed by atoms with Crippen molar-refractivity contribution in [3.8, 4) is 0 Å². The Morgan fingerprint density at radius 1 is 1.35 bits per heavy atom. The molecule has 0 atom stereocenters. The van der Waals surface area contributed by atoms with Crippen LogP contribution in [0.5, 0.6) is 0 Å². The van der Waals surface area contributed by atoms with Gasteiger partial charge in [-0.15, -0.1) is 0 Å². The molecule has 1 rings (SSSR count). The average Bonchev–Trinajstić information content (AvgIpc) is 2.31.